The molecule has 2 aromatic heterocycles. The van der Waals surface area contributed by atoms with E-state index in [1.165, 1.54) is 11.1 Å². The Hall–Kier alpha value is -2.45. The lowest BCUT2D eigenvalue weighted by Crippen LogP contribution is -2.32. The first-order valence-electron chi connectivity index (χ1n) is 9.17. The summed E-state index contributed by atoms with van der Waals surface area (Å²) >= 11 is 1.70. The van der Waals surface area contributed by atoms with Crippen LogP contribution in [0.25, 0.3) is 11.3 Å². The van der Waals surface area contributed by atoms with Crippen molar-refractivity contribution < 1.29 is 13.2 Å². The highest BCUT2D eigenvalue weighted by molar-refractivity contribution is 7.98. The van der Waals surface area contributed by atoms with Crippen molar-refractivity contribution in [3.8, 4) is 11.3 Å². The first-order chi connectivity index (χ1) is 13.9. The van der Waals surface area contributed by atoms with Gasteiger partial charge in [-0.05, 0) is 30.5 Å². The van der Waals surface area contributed by atoms with Gasteiger partial charge in [0.2, 0.25) is 5.82 Å². The van der Waals surface area contributed by atoms with Crippen molar-refractivity contribution in [2.24, 2.45) is 0 Å². The molecular weight excluding hydrogens is 397 g/mol. The van der Waals surface area contributed by atoms with Gasteiger partial charge in [0.1, 0.15) is 0 Å². The average molecular weight is 416 g/mol. The fourth-order valence-corrected chi connectivity index (χ4v) is 3.77. The van der Waals surface area contributed by atoms with Crippen LogP contribution in [0.1, 0.15) is 22.8 Å². The van der Waals surface area contributed by atoms with Gasteiger partial charge in [0.05, 0.1) is 17.1 Å². The predicted octanol–water partition coefficient (Wildman–Crippen LogP) is 4.84. The van der Waals surface area contributed by atoms with Crippen LogP contribution in [0.2, 0.25) is 0 Å². The Morgan fingerprint density at radius 1 is 1.07 bits per heavy atom. The summed E-state index contributed by atoms with van der Waals surface area (Å²) in [7, 11) is 0. The minimum atomic E-state index is -4.51. The molecule has 0 N–H and O–H groups in total. The minimum absolute atomic E-state index is 0.469. The minimum Gasteiger partial charge on any atom is -0.293 e. The van der Waals surface area contributed by atoms with Crippen LogP contribution in [0.5, 0.6) is 0 Å². The number of thioether (sulfide) groups is 1. The van der Waals surface area contributed by atoms with Crippen LogP contribution in [-0.4, -0.2) is 32.7 Å². The van der Waals surface area contributed by atoms with E-state index < -0.39 is 12.0 Å². The number of pyridine rings is 1. The van der Waals surface area contributed by atoms with Gasteiger partial charge in [-0.15, -0.1) is 11.8 Å². The smallest absolute Gasteiger partial charge is 0.293 e. The molecule has 0 amide bonds. The third-order valence-electron chi connectivity index (χ3n) is 4.84. The highest BCUT2D eigenvalue weighted by Gasteiger charge is 2.35. The van der Waals surface area contributed by atoms with Crippen molar-refractivity contribution in [3.05, 3.63) is 71.4 Å². The first kappa shape index (κ1) is 19.8. The average Bonchev–Trinajstić information content (AvgIpc) is 2.73. The van der Waals surface area contributed by atoms with Gasteiger partial charge in [-0.25, -0.2) is 9.97 Å². The first-order valence-corrected chi connectivity index (χ1v) is 10.4. The molecule has 29 heavy (non-hydrogen) atoms. The number of hydrogen-bond acceptors (Lipinski definition) is 5. The Morgan fingerprint density at radius 2 is 1.86 bits per heavy atom. The van der Waals surface area contributed by atoms with E-state index in [-0.39, 0.29) is 0 Å². The van der Waals surface area contributed by atoms with Gasteiger partial charge in [-0.3, -0.25) is 9.88 Å². The number of nitrogens with zero attached hydrogens (tertiary/aromatic N) is 4. The monoisotopic (exact) mass is 416 g/mol. The molecule has 150 valence electrons. The summed E-state index contributed by atoms with van der Waals surface area (Å²) in [6.45, 7) is 1.77. The van der Waals surface area contributed by atoms with Gasteiger partial charge in [0.15, 0.2) is 0 Å². The molecule has 0 bridgehead atoms. The lowest BCUT2D eigenvalue weighted by Gasteiger charge is -2.27. The maximum absolute atomic E-state index is 12.8. The Kier molecular flexibility index (Phi) is 5.56. The zero-order valence-corrected chi connectivity index (χ0v) is 16.6. The van der Waals surface area contributed by atoms with Crippen molar-refractivity contribution in [3.63, 3.8) is 0 Å². The fraction of sp³-hybridized carbons (Fsp3) is 0.286. The molecule has 4 rings (SSSR count). The zero-order valence-electron chi connectivity index (χ0n) is 15.8. The molecule has 0 aliphatic carbocycles. The maximum Gasteiger partial charge on any atom is 0.451 e. The van der Waals surface area contributed by atoms with Crippen LogP contribution in [0.15, 0.2) is 53.6 Å². The SMILES string of the molecule is CSc1ccc(-c2cccc(CN3CCc4nc(C(F)(F)F)ncc4C3)n2)cc1. The molecule has 1 aliphatic heterocycles. The largest absolute Gasteiger partial charge is 0.451 e. The molecule has 3 heterocycles. The van der Waals surface area contributed by atoms with E-state index in [1.807, 2.05) is 24.5 Å². The Morgan fingerprint density at radius 3 is 2.59 bits per heavy atom. The number of aromatic nitrogens is 3. The molecule has 3 aromatic rings. The van der Waals surface area contributed by atoms with Crippen molar-refractivity contribution >= 4 is 11.8 Å². The van der Waals surface area contributed by atoms with Crippen LogP contribution in [-0.2, 0) is 25.7 Å². The van der Waals surface area contributed by atoms with Gasteiger partial charge >= 0.3 is 6.18 Å². The Labute approximate surface area is 171 Å². The van der Waals surface area contributed by atoms with Crippen LogP contribution in [0.4, 0.5) is 13.2 Å². The topological polar surface area (TPSA) is 41.9 Å². The van der Waals surface area contributed by atoms with Gasteiger partial charge in [-0.1, -0.05) is 18.2 Å². The van der Waals surface area contributed by atoms with Gasteiger partial charge in [-0.2, -0.15) is 13.2 Å². The standard InChI is InChI=1S/C21H19F3N4S/c1-29-17-7-5-14(6-8-17)18-4-2-3-16(26-18)13-28-10-9-19-15(12-28)11-25-20(27-19)21(22,23)24/h2-8,11H,9-10,12-13H2,1H3. The number of benzene rings is 1. The highest BCUT2D eigenvalue weighted by atomic mass is 32.2. The van der Waals surface area contributed by atoms with Crippen molar-refractivity contribution in [2.75, 3.05) is 12.8 Å². The van der Waals surface area contributed by atoms with E-state index in [1.54, 1.807) is 11.8 Å². The summed E-state index contributed by atoms with van der Waals surface area (Å²) < 4.78 is 38.4. The second kappa shape index (κ2) is 8.12. The third kappa shape index (κ3) is 4.59. The second-order valence-corrected chi connectivity index (χ2v) is 7.75. The van der Waals surface area contributed by atoms with E-state index in [2.05, 4.69) is 39.1 Å². The van der Waals surface area contributed by atoms with E-state index in [0.29, 0.717) is 31.7 Å². The van der Waals surface area contributed by atoms with E-state index >= 15 is 0 Å². The Bertz CT molecular complexity index is 1010. The van der Waals surface area contributed by atoms with Crippen LogP contribution in [0, 0.1) is 0 Å². The van der Waals surface area contributed by atoms with Crippen LogP contribution >= 0.6 is 11.8 Å². The number of alkyl halides is 3. The zero-order chi connectivity index (χ0) is 20.4. The van der Waals surface area contributed by atoms with Crippen LogP contribution < -0.4 is 0 Å². The lowest BCUT2D eigenvalue weighted by molar-refractivity contribution is -0.145. The Balaban J connectivity index is 1.48. The normalized spacial score (nSPS) is 14.6. The molecule has 1 aliphatic rings. The molecule has 0 unspecified atom stereocenters. The molecule has 0 radical (unpaired) electrons. The fourth-order valence-electron chi connectivity index (χ4n) is 3.37. The van der Waals surface area contributed by atoms with E-state index in [0.717, 1.165) is 22.5 Å². The summed E-state index contributed by atoms with van der Waals surface area (Å²) in [5.41, 5.74) is 4.12. The molecule has 8 heteroatoms. The highest BCUT2D eigenvalue weighted by Crippen LogP contribution is 2.28. The quantitative estimate of drug-likeness (QED) is 0.570. The summed E-state index contributed by atoms with van der Waals surface area (Å²) in [5.74, 6) is -1.06. The van der Waals surface area contributed by atoms with E-state index in [9.17, 15) is 13.2 Å². The number of rotatable bonds is 4. The predicted molar refractivity (Wildman–Crippen MR) is 106 cm³/mol. The molecule has 0 atom stereocenters. The van der Waals surface area contributed by atoms with Crippen LogP contribution in [0.3, 0.4) is 0 Å². The van der Waals surface area contributed by atoms with Gasteiger partial charge in [0, 0.05) is 48.3 Å². The lowest BCUT2D eigenvalue weighted by atomic mass is 10.1. The summed E-state index contributed by atoms with van der Waals surface area (Å²) in [6.07, 6.45) is -0.699. The summed E-state index contributed by atoms with van der Waals surface area (Å²) in [4.78, 5) is 15.3. The molecule has 0 saturated heterocycles. The van der Waals surface area contributed by atoms with Crippen molar-refractivity contribution in [1.82, 2.24) is 19.9 Å². The number of halogens is 3. The molecule has 4 nitrogen and oxygen atoms in total. The second-order valence-electron chi connectivity index (χ2n) is 6.87. The van der Waals surface area contributed by atoms with Crippen molar-refractivity contribution in [2.45, 2.75) is 30.6 Å². The van der Waals surface area contributed by atoms with Gasteiger partial charge in [0.25, 0.3) is 0 Å². The molecule has 0 saturated carbocycles. The molecule has 0 spiro atoms. The summed E-state index contributed by atoms with van der Waals surface area (Å²) in [5, 5.41) is 0. The maximum atomic E-state index is 12.8. The molecule has 0 fully saturated rings. The third-order valence-corrected chi connectivity index (χ3v) is 5.59. The number of fused-ring (bicyclic) bond motifs is 1. The van der Waals surface area contributed by atoms with Crippen molar-refractivity contribution in [1.29, 1.82) is 0 Å². The van der Waals surface area contributed by atoms with Gasteiger partial charge < -0.3 is 0 Å². The van der Waals surface area contributed by atoms with E-state index in [4.69, 9.17) is 4.98 Å². The summed E-state index contributed by atoms with van der Waals surface area (Å²) in [6, 6.07) is 14.2. The molecular formula is C21H19F3N4S. The molecule has 1 aromatic carbocycles. The number of hydrogen-bond donors (Lipinski definition) is 0.